The van der Waals surface area contributed by atoms with Gasteiger partial charge in [0.2, 0.25) is 0 Å². The van der Waals surface area contributed by atoms with Crippen LogP contribution in [-0.4, -0.2) is 24.5 Å². The molecule has 3 aromatic rings. The first-order valence-electron chi connectivity index (χ1n) is 9.31. The highest BCUT2D eigenvalue weighted by molar-refractivity contribution is 5.94. The molecule has 0 radical (unpaired) electrons. The van der Waals surface area contributed by atoms with Crippen molar-refractivity contribution in [3.05, 3.63) is 89.1 Å². The van der Waals surface area contributed by atoms with Crippen LogP contribution in [0.4, 0.5) is 5.82 Å². The number of nitrogens with one attached hydrogen (secondary N) is 2. The van der Waals surface area contributed by atoms with Crippen LogP contribution in [0.2, 0.25) is 0 Å². The number of carbonyl (C=O) groups is 1. The molecule has 144 valence electrons. The Balaban J connectivity index is 1.47. The molecule has 0 aliphatic carbocycles. The largest absolute Gasteiger partial charge is 0.497 e. The van der Waals surface area contributed by atoms with Crippen molar-refractivity contribution in [2.75, 3.05) is 19.0 Å². The van der Waals surface area contributed by atoms with Crippen LogP contribution in [0.25, 0.3) is 0 Å². The van der Waals surface area contributed by atoms with Crippen molar-refractivity contribution in [1.82, 2.24) is 10.3 Å². The minimum atomic E-state index is -0.119. The summed E-state index contributed by atoms with van der Waals surface area (Å²) in [4.78, 5) is 16.6. The lowest BCUT2D eigenvalue weighted by atomic mass is 10.1. The molecule has 2 aromatic carbocycles. The summed E-state index contributed by atoms with van der Waals surface area (Å²) < 4.78 is 5.15. The molecular formula is C23H25N3O2. The number of amides is 1. The first kappa shape index (κ1) is 19.4. The standard InChI is InChI=1S/C23H25N3O2/c1-17-5-3-4-6-19(17)15-25-22-12-9-20(16-26-22)23(27)24-14-13-18-7-10-21(28-2)11-8-18/h3-12,16H,13-15H2,1-2H3,(H,24,27)(H,25,26). The van der Waals surface area contributed by atoms with Gasteiger partial charge in [-0.05, 0) is 54.3 Å². The molecule has 1 aromatic heterocycles. The van der Waals surface area contributed by atoms with Gasteiger partial charge in [-0.3, -0.25) is 4.79 Å². The molecule has 2 N–H and O–H groups in total. The third kappa shape index (κ3) is 5.33. The van der Waals surface area contributed by atoms with Gasteiger partial charge in [-0.2, -0.15) is 0 Å². The predicted octanol–water partition coefficient (Wildman–Crippen LogP) is 3.98. The maximum atomic E-state index is 12.3. The average Bonchev–Trinajstić information content (AvgIpc) is 2.74. The SMILES string of the molecule is COc1ccc(CCNC(=O)c2ccc(NCc3ccccc3C)nc2)cc1. The number of carbonyl (C=O) groups excluding carboxylic acids is 1. The molecule has 0 saturated heterocycles. The number of nitrogens with zero attached hydrogens (tertiary/aromatic N) is 1. The third-order valence-electron chi connectivity index (χ3n) is 4.61. The van der Waals surface area contributed by atoms with Crippen molar-refractivity contribution < 1.29 is 9.53 Å². The average molecular weight is 375 g/mol. The van der Waals surface area contributed by atoms with Gasteiger partial charge in [0.1, 0.15) is 11.6 Å². The molecule has 0 aliphatic rings. The lowest BCUT2D eigenvalue weighted by molar-refractivity contribution is 0.0954. The highest BCUT2D eigenvalue weighted by atomic mass is 16.5. The molecule has 5 heteroatoms. The summed E-state index contributed by atoms with van der Waals surface area (Å²) in [5.41, 5.74) is 4.17. The predicted molar refractivity (Wildman–Crippen MR) is 112 cm³/mol. The second-order valence-electron chi connectivity index (χ2n) is 6.57. The molecule has 0 atom stereocenters. The molecule has 0 spiro atoms. The van der Waals surface area contributed by atoms with E-state index < -0.39 is 0 Å². The van der Waals surface area contributed by atoms with Crippen LogP contribution in [0.3, 0.4) is 0 Å². The van der Waals surface area contributed by atoms with E-state index in [0.29, 0.717) is 18.7 Å². The quantitative estimate of drug-likeness (QED) is 0.625. The van der Waals surface area contributed by atoms with Crippen LogP contribution >= 0.6 is 0 Å². The van der Waals surface area contributed by atoms with Crippen molar-refractivity contribution >= 4 is 11.7 Å². The maximum absolute atomic E-state index is 12.3. The van der Waals surface area contributed by atoms with Crippen molar-refractivity contribution in [2.24, 2.45) is 0 Å². The van der Waals surface area contributed by atoms with E-state index in [0.717, 1.165) is 23.6 Å². The van der Waals surface area contributed by atoms with Gasteiger partial charge in [0, 0.05) is 19.3 Å². The van der Waals surface area contributed by atoms with Gasteiger partial charge in [-0.15, -0.1) is 0 Å². The number of ether oxygens (including phenoxy) is 1. The van der Waals surface area contributed by atoms with E-state index >= 15 is 0 Å². The van der Waals surface area contributed by atoms with Gasteiger partial charge in [0.15, 0.2) is 0 Å². The van der Waals surface area contributed by atoms with Gasteiger partial charge in [0.05, 0.1) is 12.7 Å². The Morgan fingerprint density at radius 2 is 1.82 bits per heavy atom. The minimum absolute atomic E-state index is 0.119. The Morgan fingerprint density at radius 1 is 1.04 bits per heavy atom. The van der Waals surface area contributed by atoms with Crippen molar-refractivity contribution in [2.45, 2.75) is 19.9 Å². The summed E-state index contributed by atoms with van der Waals surface area (Å²) in [6.07, 6.45) is 2.36. The van der Waals surface area contributed by atoms with E-state index in [2.05, 4.69) is 34.7 Å². The van der Waals surface area contributed by atoms with Gasteiger partial charge in [-0.1, -0.05) is 36.4 Å². The number of anilines is 1. The van der Waals surface area contributed by atoms with E-state index in [9.17, 15) is 4.79 Å². The molecule has 0 fully saturated rings. The Hall–Kier alpha value is -3.34. The fourth-order valence-corrected chi connectivity index (χ4v) is 2.84. The number of hydrogen-bond acceptors (Lipinski definition) is 4. The Kier molecular flexibility index (Phi) is 6.63. The number of benzene rings is 2. The van der Waals surface area contributed by atoms with Crippen molar-refractivity contribution in [1.29, 1.82) is 0 Å². The first-order valence-corrected chi connectivity index (χ1v) is 9.31. The zero-order valence-corrected chi connectivity index (χ0v) is 16.2. The highest BCUT2D eigenvalue weighted by Crippen LogP contribution is 2.12. The zero-order valence-electron chi connectivity index (χ0n) is 16.2. The smallest absolute Gasteiger partial charge is 0.252 e. The van der Waals surface area contributed by atoms with Gasteiger partial charge >= 0.3 is 0 Å². The fraction of sp³-hybridized carbons (Fsp3) is 0.217. The van der Waals surface area contributed by atoms with Gasteiger partial charge in [0.25, 0.3) is 5.91 Å². The minimum Gasteiger partial charge on any atom is -0.497 e. The number of hydrogen-bond donors (Lipinski definition) is 2. The van der Waals surface area contributed by atoms with Gasteiger partial charge < -0.3 is 15.4 Å². The monoisotopic (exact) mass is 375 g/mol. The zero-order chi connectivity index (χ0) is 19.8. The summed E-state index contributed by atoms with van der Waals surface area (Å²) in [7, 11) is 1.65. The highest BCUT2D eigenvalue weighted by Gasteiger charge is 2.06. The van der Waals surface area contributed by atoms with E-state index in [1.165, 1.54) is 11.1 Å². The van der Waals surface area contributed by atoms with E-state index in [4.69, 9.17) is 4.74 Å². The van der Waals surface area contributed by atoms with Crippen LogP contribution < -0.4 is 15.4 Å². The second-order valence-corrected chi connectivity index (χ2v) is 6.57. The van der Waals surface area contributed by atoms with Crippen molar-refractivity contribution in [3.8, 4) is 5.75 Å². The van der Waals surface area contributed by atoms with E-state index in [-0.39, 0.29) is 5.91 Å². The van der Waals surface area contributed by atoms with Crippen LogP contribution in [0.15, 0.2) is 66.9 Å². The van der Waals surface area contributed by atoms with Gasteiger partial charge in [-0.25, -0.2) is 4.98 Å². The summed E-state index contributed by atoms with van der Waals surface area (Å²) in [5, 5.41) is 6.22. The van der Waals surface area contributed by atoms with E-state index in [1.807, 2.05) is 42.5 Å². The molecular weight excluding hydrogens is 350 g/mol. The molecule has 0 bridgehead atoms. The van der Waals surface area contributed by atoms with E-state index in [1.54, 1.807) is 19.4 Å². The summed E-state index contributed by atoms with van der Waals surface area (Å²) in [5.74, 6) is 1.46. The second kappa shape index (κ2) is 9.55. The first-order chi connectivity index (χ1) is 13.7. The van der Waals surface area contributed by atoms with Crippen LogP contribution in [0.1, 0.15) is 27.0 Å². The normalized spacial score (nSPS) is 10.4. The number of aromatic nitrogens is 1. The molecule has 0 aliphatic heterocycles. The summed E-state index contributed by atoms with van der Waals surface area (Å²) >= 11 is 0. The number of pyridine rings is 1. The molecule has 0 saturated carbocycles. The number of rotatable bonds is 8. The summed E-state index contributed by atoms with van der Waals surface area (Å²) in [6, 6.07) is 19.7. The molecule has 28 heavy (non-hydrogen) atoms. The van der Waals surface area contributed by atoms with Crippen molar-refractivity contribution in [3.63, 3.8) is 0 Å². The number of methoxy groups -OCH3 is 1. The third-order valence-corrected chi connectivity index (χ3v) is 4.61. The van der Waals surface area contributed by atoms with Crippen LogP contribution in [0.5, 0.6) is 5.75 Å². The lowest BCUT2D eigenvalue weighted by Crippen LogP contribution is -2.25. The molecule has 1 amide bonds. The summed E-state index contributed by atoms with van der Waals surface area (Å²) in [6.45, 7) is 3.36. The lowest BCUT2D eigenvalue weighted by Gasteiger charge is -2.09. The molecule has 0 unspecified atom stereocenters. The fourth-order valence-electron chi connectivity index (χ4n) is 2.84. The Morgan fingerprint density at radius 3 is 2.50 bits per heavy atom. The molecule has 5 nitrogen and oxygen atoms in total. The maximum Gasteiger partial charge on any atom is 0.252 e. The molecule has 1 heterocycles. The molecule has 3 rings (SSSR count). The Labute approximate surface area is 165 Å². The van der Waals surface area contributed by atoms with Crippen LogP contribution in [0, 0.1) is 6.92 Å². The Bertz CT molecular complexity index is 906. The topological polar surface area (TPSA) is 63.2 Å². The number of aryl methyl sites for hydroxylation is 1. The van der Waals surface area contributed by atoms with Crippen LogP contribution in [-0.2, 0) is 13.0 Å².